The fourth-order valence-corrected chi connectivity index (χ4v) is 5.42. The van der Waals surface area contributed by atoms with Gasteiger partial charge in [-0.1, -0.05) is 45.8 Å². The van der Waals surface area contributed by atoms with Crippen LogP contribution in [0.15, 0.2) is 23.5 Å². The third-order valence-electron chi connectivity index (χ3n) is 7.52. The zero-order chi connectivity index (χ0) is 22.4. The Morgan fingerprint density at radius 3 is 2.43 bits per heavy atom. The molecule has 3 aliphatic rings. The topological polar surface area (TPSA) is 115 Å². The molecule has 166 valence electrons. The van der Waals surface area contributed by atoms with Crippen LogP contribution >= 0.6 is 0 Å². The molecule has 2 aliphatic carbocycles. The number of fused-ring (bicyclic) bond motifs is 1. The van der Waals surface area contributed by atoms with Gasteiger partial charge >= 0.3 is 5.97 Å². The van der Waals surface area contributed by atoms with Crippen molar-refractivity contribution >= 4 is 17.7 Å². The molecule has 1 amide bonds. The van der Waals surface area contributed by atoms with E-state index in [9.17, 15) is 29.7 Å². The molecule has 4 unspecified atom stereocenters. The lowest BCUT2D eigenvalue weighted by atomic mass is 9.64. The smallest absolute Gasteiger partial charge is 0.336 e. The van der Waals surface area contributed by atoms with Crippen LogP contribution in [-0.2, 0) is 14.4 Å². The zero-order valence-electron chi connectivity index (χ0n) is 18.2. The summed E-state index contributed by atoms with van der Waals surface area (Å²) in [5.41, 5.74) is -2.38. The third-order valence-corrected chi connectivity index (χ3v) is 7.52. The number of Topliss-reactive ketones (excluding diaryl/α,β-unsaturated/α-hetero) is 1. The summed E-state index contributed by atoms with van der Waals surface area (Å²) >= 11 is 0. The number of allylic oxidation sites excluding steroid dienone is 3. The van der Waals surface area contributed by atoms with E-state index >= 15 is 0 Å². The largest absolute Gasteiger partial charge is 0.511 e. The normalized spacial score (nSPS) is 35.4. The molecule has 1 aliphatic heterocycles. The van der Waals surface area contributed by atoms with E-state index in [1.165, 1.54) is 7.05 Å². The molecule has 6 atom stereocenters. The molecule has 3 rings (SSSR count). The first-order valence-corrected chi connectivity index (χ1v) is 10.9. The fourth-order valence-electron chi connectivity index (χ4n) is 5.42. The number of amides is 1. The molecule has 7 nitrogen and oxygen atoms in total. The van der Waals surface area contributed by atoms with Crippen LogP contribution in [0.1, 0.15) is 52.9 Å². The summed E-state index contributed by atoms with van der Waals surface area (Å²) in [6, 6.07) is -1.12. The van der Waals surface area contributed by atoms with Gasteiger partial charge in [0.05, 0.1) is 6.04 Å². The number of aliphatic hydroxyl groups is 2. The summed E-state index contributed by atoms with van der Waals surface area (Å²) < 4.78 is 0. The van der Waals surface area contributed by atoms with Crippen molar-refractivity contribution in [3.8, 4) is 0 Å². The van der Waals surface area contributed by atoms with E-state index in [2.05, 4.69) is 12.2 Å². The third kappa shape index (κ3) is 3.57. The Kier molecular flexibility index (Phi) is 6.14. The predicted molar refractivity (Wildman–Crippen MR) is 111 cm³/mol. The van der Waals surface area contributed by atoms with Crippen molar-refractivity contribution in [3.05, 3.63) is 23.5 Å². The van der Waals surface area contributed by atoms with Crippen molar-refractivity contribution in [3.63, 3.8) is 0 Å². The Morgan fingerprint density at radius 2 is 1.83 bits per heavy atom. The van der Waals surface area contributed by atoms with Crippen molar-refractivity contribution in [2.24, 2.45) is 29.6 Å². The quantitative estimate of drug-likeness (QED) is 0.273. The molecule has 0 aromatic carbocycles. The van der Waals surface area contributed by atoms with Crippen molar-refractivity contribution in [2.45, 2.75) is 64.5 Å². The summed E-state index contributed by atoms with van der Waals surface area (Å²) in [5, 5.41) is 31.3. The molecular formula is C23H33NO6. The molecule has 1 saturated carbocycles. The molecule has 7 heteroatoms. The maximum atomic E-state index is 13.2. The van der Waals surface area contributed by atoms with Crippen molar-refractivity contribution in [1.29, 1.82) is 0 Å². The fraction of sp³-hybridized carbons (Fsp3) is 0.696. The molecule has 1 heterocycles. The number of hydrogen-bond acceptors (Lipinski definition) is 5. The average molecular weight is 420 g/mol. The minimum absolute atomic E-state index is 0.00609. The predicted octanol–water partition coefficient (Wildman–Crippen LogP) is 2.70. The van der Waals surface area contributed by atoms with Gasteiger partial charge < -0.3 is 20.2 Å². The van der Waals surface area contributed by atoms with Gasteiger partial charge in [-0.05, 0) is 36.5 Å². The van der Waals surface area contributed by atoms with Crippen molar-refractivity contribution in [2.75, 3.05) is 7.05 Å². The second-order valence-electron chi connectivity index (χ2n) is 9.53. The number of aliphatic carboxylic acids is 1. The van der Waals surface area contributed by atoms with Crippen LogP contribution < -0.4 is 0 Å². The summed E-state index contributed by atoms with van der Waals surface area (Å²) in [4.78, 5) is 39.0. The van der Waals surface area contributed by atoms with Crippen LogP contribution in [0.5, 0.6) is 0 Å². The van der Waals surface area contributed by atoms with Gasteiger partial charge in [0, 0.05) is 19.4 Å². The second kappa shape index (κ2) is 8.17. The number of rotatable bonds is 5. The van der Waals surface area contributed by atoms with Crippen LogP contribution in [0, 0.1) is 29.6 Å². The number of carboxylic acid groups (broad SMARTS) is 1. The first kappa shape index (κ1) is 22.5. The molecule has 0 aromatic rings. The van der Waals surface area contributed by atoms with Crippen molar-refractivity contribution in [1.82, 2.24) is 4.90 Å². The van der Waals surface area contributed by atoms with Gasteiger partial charge in [-0.2, -0.15) is 0 Å². The Morgan fingerprint density at radius 1 is 1.20 bits per heavy atom. The summed E-state index contributed by atoms with van der Waals surface area (Å²) in [7, 11) is 1.42. The number of aliphatic hydroxyl groups excluding tert-OH is 1. The van der Waals surface area contributed by atoms with E-state index in [-0.39, 0.29) is 29.1 Å². The minimum Gasteiger partial charge on any atom is -0.511 e. The molecule has 0 bridgehead atoms. The number of likely N-dealkylation sites (N-methyl/N-ethyl adjacent to an activating group) is 1. The highest BCUT2D eigenvalue weighted by Crippen LogP contribution is 2.46. The van der Waals surface area contributed by atoms with Gasteiger partial charge in [0.15, 0.2) is 11.4 Å². The van der Waals surface area contributed by atoms with E-state index in [4.69, 9.17) is 0 Å². The highest BCUT2D eigenvalue weighted by atomic mass is 16.4. The van der Waals surface area contributed by atoms with E-state index in [1.54, 1.807) is 13.8 Å². The van der Waals surface area contributed by atoms with E-state index in [0.29, 0.717) is 5.92 Å². The van der Waals surface area contributed by atoms with Crippen LogP contribution in [0.4, 0.5) is 0 Å². The van der Waals surface area contributed by atoms with Gasteiger partial charge in [0.2, 0.25) is 0 Å². The highest BCUT2D eigenvalue weighted by Gasteiger charge is 2.52. The number of carbonyl (C=O) groups excluding carboxylic acids is 2. The molecule has 1 saturated heterocycles. The SMILES string of the molecule is CC(C)C(O)(CC1C(=O)/C(=C(\O)[C@H]2C3CCCCC3C=C[C@H]2C)C(=O)N1C)C(=O)O. The summed E-state index contributed by atoms with van der Waals surface area (Å²) in [5.74, 6) is -3.25. The first-order valence-electron chi connectivity index (χ1n) is 10.9. The molecular weight excluding hydrogens is 386 g/mol. The lowest BCUT2D eigenvalue weighted by Gasteiger charge is -2.41. The zero-order valence-corrected chi connectivity index (χ0v) is 18.2. The number of likely N-dealkylation sites (tertiary alicyclic amines) is 1. The van der Waals surface area contributed by atoms with Gasteiger partial charge in [0.1, 0.15) is 11.3 Å². The van der Waals surface area contributed by atoms with Gasteiger partial charge in [0.25, 0.3) is 5.91 Å². The molecule has 0 aromatic heterocycles. The number of carboxylic acids is 1. The van der Waals surface area contributed by atoms with Gasteiger partial charge in [-0.3, -0.25) is 9.59 Å². The molecule has 0 radical (unpaired) electrons. The van der Waals surface area contributed by atoms with Crippen LogP contribution in [-0.4, -0.2) is 56.6 Å². The lowest BCUT2D eigenvalue weighted by Crippen LogP contribution is -2.49. The summed E-state index contributed by atoms with van der Waals surface area (Å²) in [6.07, 6.45) is 8.02. The maximum Gasteiger partial charge on any atom is 0.336 e. The Bertz CT molecular complexity index is 800. The summed E-state index contributed by atoms with van der Waals surface area (Å²) in [6.45, 7) is 5.10. The number of nitrogens with zero attached hydrogens (tertiary/aromatic N) is 1. The van der Waals surface area contributed by atoms with E-state index in [0.717, 1.165) is 30.6 Å². The average Bonchev–Trinajstić information content (AvgIpc) is 2.90. The van der Waals surface area contributed by atoms with E-state index in [1.807, 2.05) is 6.92 Å². The van der Waals surface area contributed by atoms with Crippen molar-refractivity contribution < 1.29 is 29.7 Å². The molecule has 0 spiro atoms. The second-order valence-corrected chi connectivity index (χ2v) is 9.53. The Hall–Kier alpha value is -2.15. The molecule has 30 heavy (non-hydrogen) atoms. The van der Waals surface area contributed by atoms with Crippen LogP contribution in [0.2, 0.25) is 0 Å². The Balaban J connectivity index is 1.97. The van der Waals surface area contributed by atoms with Crippen LogP contribution in [0.25, 0.3) is 0 Å². The van der Waals surface area contributed by atoms with Gasteiger partial charge in [-0.15, -0.1) is 0 Å². The minimum atomic E-state index is -2.14. The van der Waals surface area contributed by atoms with E-state index < -0.39 is 41.6 Å². The van der Waals surface area contributed by atoms with Crippen LogP contribution in [0.3, 0.4) is 0 Å². The van der Waals surface area contributed by atoms with Gasteiger partial charge in [-0.25, -0.2) is 4.79 Å². The standard InChI is InChI=1S/C23H33NO6/c1-12(2)23(30,22(28)29)11-16-19(25)18(21(27)24(16)4)20(26)17-13(3)9-10-14-7-5-6-8-15(14)17/h9-10,12-17,26,30H,5-8,11H2,1-4H3,(H,28,29)/b20-18+/t13-,14?,15?,16?,17-,23?/m1/s1. The molecule has 2 fully saturated rings. The Labute approximate surface area is 177 Å². The lowest BCUT2D eigenvalue weighted by molar-refractivity contribution is -0.166. The number of ketones is 1. The number of hydrogen-bond donors (Lipinski definition) is 3. The monoisotopic (exact) mass is 419 g/mol. The maximum absolute atomic E-state index is 13.2. The highest BCUT2D eigenvalue weighted by molar-refractivity contribution is 6.26. The first-order chi connectivity index (χ1) is 14.0. The molecule has 3 N–H and O–H groups in total. The number of carbonyl (C=O) groups is 3.